The molecule has 0 aromatic carbocycles. The summed E-state index contributed by atoms with van der Waals surface area (Å²) >= 11 is 0. The fourth-order valence-electron chi connectivity index (χ4n) is 3.06. The van der Waals surface area contributed by atoms with Gasteiger partial charge in [0.1, 0.15) is 12.9 Å². The van der Waals surface area contributed by atoms with Crippen molar-refractivity contribution in [3.8, 4) is 0 Å². The van der Waals surface area contributed by atoms with Crippen molar-refractivity contribution >= 4 is 5.91 Å². The second kappa shape index (κ2) is 6.25. The zero-order valence-corrected chi connectivity index (χ0v) is 13.0. The van der Waals surface area contributed by atoms with Gasteiger partial charge in [0.25, 0.3) is 0 Å². The quantitative estimate of drug-likeness (QED) is 0.824. The summed E-state index contributed by atoms with van der Waals surface area (Å²) < 4.78 is 3.47. The number of nitrogens with zero attached hydrogens (tertiary/aromatic N) is 7. The first-order chi connectivity index (χ1) is 10.6. The highest BCUT2D eigenvalue weighted by Crippen LogP contribution is 2.19. The van der Waals surface area contributed by atoms with Crippen LogP contribution in [0.15, 0.2) is 12.4 Å². The monoisotopic (exact) mass is 303 g/mol. The highest BCUT2D eigenvalue weighted by atomic mass is 16.2. The van der Waals surface area contributed by atoms with Crippen LogP contribution in [0.2, 0.25) is 0 Å². The summed E-state index contributed by atoms with van der Waals surface area (Å²) in [7, 11) is 0. The molecule has 0 radical (unpaired) electrons. The van der Waals surface area contributed by atoms with Crippen LogP contribution >= 0.6 is 0 Å². The molecular formula is C14H21N7O. The minimum atomic E-state index is 0.0681. The maximum atomic E-state index is 12.5. The normalized spacial score (nSPS) is 18.6. The molecule has 118 valence electrons. The second-order valence-corrected chi connectivity index (χ2v) is 5.85. The maximum absolute atomic E-state index is 12.5. The zero-order valence-electron chi connectivity index (χ0n) is 13.0. The first-order valence-corrected chi connectivity index (χ1v) is 7.65. The minimum absolute atomic E-state index is 0.0681. The van der Waals surface area contributed by atoms with Gasteiger partial charge in [0.15, 0.2) is 0 Å². The average Bonchev–Trinajstić information content (AvgIpc) is 3.10. The lowest BCUT2D eigenvalue weighted by atomic mass is 10.0. The third-order valence-electron chi connectivity index (χ3n) is 4.12. The molecule has 0 aliphatic carbocycles. The molecule has 1 fully saturated rings. The number of rotatable bonds is 4. The molecule has 0 bridgehead atoms. The summed E-state index contributed by atoms with van der Waals surface area (Å²) in [5, 5.41) is 15.4. The summed E-state index contributed by atoms with van der Waals surface area (Å²) in [6.45, 7) is 5.79. The van der Waals surface area contributed by atoms with E-state index in [0.29, 0.717) is 0 Å². The topological polar surface area (TPSA) is 81.7 Å². The number of likely N-dealkylation sites (tertiary alicyclic amines) is 1. The highest BCUT2D eigenvalue weighted by Gasteiger charge is 2.27. The van der Waals surface area contributed by atoms with Gasteiger partial charge in [-0.15, -0.1) is 5.10 Å². The number of hydrogen-bond donors (Lipinski definition) is 0. The number of aromatic nitrogens is 6. The molecule has 1 unspecified atom stereocenters. The fraction of sp³-hybridized carbons (Fsp3) is 0.643. The lowest BCUT2D eigenvalue weighted by molar-refractivity contribution is -0.136. The van der Waals surface area contributed by atoms with Crippen LogP contribution < -0.4 is 0 Å². The molecule has 1 aliphatic rings. The van der Waals surface area contributed by atoms with Gasteiger partial charge in [-0.25, -0.2) is 4.68 Å². The van der Waals surface area contributed by atoms with Gasteiger partial charge in [0.2, 0.25) is 5.91 Å². The first-order valence-electron chi connectivity index (χ1n) is 7.65. The number of tetrazole rings is 1. The zero-order chi connectivity index (χ0) is 15.5. The van der Waals surface area contributed by atoms with Gasteiger partial charge in [-0.2, -0.15) is 5.10 Å². The predicted molar refractivity (Wildman–Crippen MR) is 78.9 cm³/mol. The molecular weight excluding hydrogens is 282 g/mol. The molecule has 8 heteroatoms. The van der Waals surface area contributed by atoms with Gasteiger partial charge in [-0.1, -0.05) is 0 Å². The van der Waals surface area contributed by atoms with Crippen LogP contribution in [0.25, 0.3) is 0 Å². The Hall–Kier alpha value is -2.25. The Balaban J connectivity index is 1.70. The molecule has 1 saturated heterocycles. The minimum Gasteiger partial charge on any atom is -0.336 e. The van der Waals surface area contributed by atoms with Crippen molar-refractivity contribution in [1.29, 1.82) is 0 Å². The van der Waals surface area contributed by atoms with Crippen LogP contribution in [0.3, 0.4) is 0 Å². The standard InChI is InChI=1S/C14H21N7O/c1-11-7-12(2)21(16-11)8-13-5-3-4-6-20(13)14(22)9-19-10-15-17-18-19/h7,10,13H,3-6,8-9H2,1-2H3. The summed E-state index contributed by atoms with van der Waals surface area (Å²) in [6, 6.07) is 2.26. The summed E-state index contributed by atoms with van der Waals surface area (Å²) in [4.78, 5) is 14.5. The number of carbonyl (C=O) groups excluding carboxylic acids is 1. The van der Waals surface area contributed by atoms with E-state index in [1.54, 1.807) is 0 Å². The maximum Gasteiger partial charge on any atom is 0.244 e. The van der Waals surface area contributed by atoms with Crippen LogP contribution in [0, 0.1) is 13.8 Å². The van der Waals surface area contributed by atoms with E-state index in [2.05, 4.69) is 33.6 Å². The van der Waals surface area contributed by atoms with Crippen molar-refractivity contribution in [3.63, 3.8) is 0 Å². The van der Waals surface area contributed by atoms with Crippen LogP contribution in [-0.4, -0.2) is 53.4 Å². The van der Waals surface area contributed by atoms with Gasteiger partial charge in [0, 0.05) is 12.2 Å². The Kier molecular flexibility index (Phi) is 4.17. The molecule has 1 amide bonds. The molecule has 0 spiro atoms. The van der Waals surface area contributed by atoms with Crippen molar-refractivity contribution in [3.05, 3.63) is 23.8 Å². The molecule has 1 atom stereocenters. The SMILES string of the molecule is Cc1cc(C)n(CC2CCCCN2C(=O)Cn2cnnn2)n1. The van der Waals surface area contributed by atoms with E-state index in [4.69, 9.17) is 0 Å². The number of hydrogen-bond acceptors (Lipinski definition) is 5. The van der Waals surface area contributed by atoms with E-state index in [-0.39, 0.29) is 18.5 Å². The largest absolute Gasteiger partial charge is 0.336 e. The Morgan fingerprint density at radius 2 is 2.23 bits per heavy atom. The number of aryl methyl sites for hydroxylation is 2. The summed E-state index contributed by atoms with van der Waals surface area (Å²) in [6.07, 6.45) is 4.69. The molecule has 3 heterocycles. The Morgan fingerprint density at radius 1 is 1.36 bits per heavy atom. The molecule has 8 nitrogen and oxygen atoms in total. The molecule has 1 aliphatic heterocycles. The first kappa shape index (κ1) is 14.7. The fourth-order valence-corrected chi connectivity index (χ4v) is 3.06. The van der Waals surface area contributed by atoms with E-state index < -0.39 is 0 Å². The van der Waals surface area contributed by atoms with Crippen LogP contribution in [0.4, 0.5) is 0 Å². The average molecular weight is 303 g/mol. The number of carbonyl (C=O) groups is 1. The van der Waals surface area contributed by atoms with Crippen molar-refractivity contribution in [2.45, 2.75) is 52.2 Å². The second-order valence-electron chi connectivity index (χ2n) is 5.85. The number of piperidine rings is 1. The van der Waals surface area contributed by atoms with Crippen LogP contribution in [0.1, 0.15) is 30.7 Å². The Bertz CT molecular complexity index is 634. The summed E-state index contributed by atoms with van der Waals surface area (Å²) in [5.74, 6) is 0.0681. The highest BCUT2D eigenvalue weighted by molar-refractivity contribution is 5.76. The smallest absolute Gasteiger partial charge is 0.244 e. The van der Waals surface area contributed by atoms with E-state index in [1.165, 1.54) is 11.0 Å². The third kappa shape index (κ3) is 3.15. The Labute approximate surface area is 129 Å². The van der Waals surface area contributed by atoms with Crippen molar-refractivity contribution < 1.29 is 4.79 Å². The van der Waals surface area contributed by atoms with E-state index >= 15 is 0 Å². The van der Waals surface area contributed by atoms with Gasteiger partial charge in [-0.05, 0) is 49.6 Å². The van der Waals surface area contributed by atoms with Gasteiger partial charge < -0.3 is 4.90 Å². The van der Waals surface area contributed by atoms with Gasteiger partial charge in [0.05, 0.1) is 18.3 Å². The van der Waals surface area contributed by atoms with Crippen molar-refractivity contribution in [2.75, 3.05) is 6.54 Å². The molecule has 2 aromatic heterocycles. The van der Waals surface area contributed by atoms with Crippen molar-refractivity contribution in [1.82, 2.24) is 34.9 Å². The lowest BCUT2D eigenvalue weighted by Crippen LogP contribution is -2.47. The molecule has 3 rings (SSSR count). The molecule has 2 aromatic rings. The Morgan fingerprint density at radius 3 is 2.91 bits per heavy atom. The van der Waals surface area contributed by atoms with E-state index in [9.17, 15) is 4.79 Å². The lowest BCUT2D eigenvalue weighted by Gasteiger charge is -2.36. The number of amides is 1. The van der Waals surface area contributed by atoms with Gasteiger partial charge >= 0.3 is 0 Å². The molecule has 22 heavy (non-hydrogen) atoms. The molecule has 0 N–H and O–H groups in total. The molecule has 0 saturated carbocycles. The van der Waals surface area contributed by atoms with E-state index in [0.717, 1.165) is 43.7 Å². The third-order valence-corrected chi connectivity index (χ3v) is 4.12. The van der Waals surface area contributed by atoms with Crippen molar-refractivity contribution in [2.24, 2.45) is 0 Å². The summed E-state index contributed by atoms with van der Waals surface area (Å²) in [5.41, 5.74) is 2.15. The van der Waals surface area contributed by atoms with E-state index in [1.807, 2.05) is 16.5 Å². The van der Waals surface area contributed by atoms with Gasteiger partial charge in [-0.3, -0.25) is 9.48 Å². The van der Waals surface area contributed by atoms with Crippen LogP contribution in [0.5, 0.6) is 0 Å². The predicted octanol–water partition coefficient (Wildman–Crippen LogP) is 0.568. The van der Waals surface area contributed by atoms with Crippen LogP contribution in [-0.2, 0) is 17.9 Å².